The van der Waals surface area contributed by atoms with Gasteiger partial charge in [-0.3, -0.25) is 0 Å². The lowest BCUT2D eigenvalue weighted by Gasteiger charge is -2.28. The maximum atomic E-state index is 14.3. The quantitative estimate of drug-likeness (QED) is 0.592. The summed E-state index contributed by atoms with van der Waals surface area (Å²) in [6.07, 6.45) is -0.426. The number of nitrogens with zero attached hydrogens (tertiary/aromatic N) is 3. The van der Waals surface area contributed by atoms with Crippen LogP contribution in [-0.2, 0) is 11.3 Å². The average molecular weight is 336 g/mol. The molecule has 3 heterocycles. The molecule has 3 aliphatic heterocycles. The van der Waals surface area contributed by atoms with Crippen LogP contribution in [0.4, 0.5) is 4.39 Å². The SMILES string of the molecule is C[C@@]1(O)[C@H](O)[C@@H](CO)O[C@H]1n1cc2c(F)cc3c-2c(n1)C=NNC3. The monoisotopic (exact) mass is 336 g/mol. The van der Waals surface area contributed by atoms with Gasteiger partial charge >= 0.3 is 0 Å². The Morgan fingerprint density at radius 3 is 3.04 bits per heavy atom. The van der Waals surface area contributed by atoms with Crippen molar-refractivity contribution in [3.05, 3.63) is 29.3 Å². The van der Waals surface area contributed by atoms with Gasteiger partial charge in [-0.1, -0.05) is 0 Å². The number of nitrogens with one attached hydrogen (secondary N) is 1. The van der Waals surface area contributed by atoms with Gasteiger partial charge in [0.15, 0.2) is 6.23 Å². The fourth-order valence-corrected chi connectivity index (χ4v) is 3.32. The van der Waals surface area contributed by atoms with Gasteiger partial charge in [0.1, 0.15) is 29.3 Å². The second kappa shape index (κ2) is 5.21. The maximum Gasteiger partial charge on any atom is 0.181 e. The molecular formula is C15H17FN4O4. The Hall–Kier alpha value is -2.07. The third kappa shape index (κ3) is 2.06. The van der Waals surface area contributed by atoms with Crippen molar-refractivity contribution in [1.82, 2.24) is 15.2 Å². The van der Waals surface area contributed by atoms with E-state index in [1.807, 2.05) is 0 Å². The van der Waals surface area contributed by atoms with Crippen molar-refractivity contribution in [2.45, 2.75) is 37.5 Å². The number of hydrazone groups is 1. The third-order valence-corrected chi connectivity index (χ3v) is 4.61. The Kier molecular flexibility index (Phi) is 3.36. The number of aliphatic hydroxyl groups is 3. The number of hydrogen-bond donors (Lipinski definition) is 4. The molecule has 0 aromatic rings. The van der Waals surface area contributed by atoms with Crippen molar-refractivity contribution in [3.8, 4) is 11.1 Å². The van der Waals surface area contributed by atoms with Gasteiger partial charge in [-0.2, -0.15) is 10.2 Å². The van der Waals surface area contributed by atoms with E-state index in [-0.39, 0.29) is 0 Å². The number of ether oxygens (including phenoxy) is 1. The number of aliphatic hydroxyl groups excluding tert-OH is 2. The molecule has 0 unspecified atom stereocenters. The van der Waals surface area contributed by atoms with Gasteiger partial charge in [-0.15, -0.1) is 0 Å². The van der Waals surface area contributed by atoms with Crippen molar-refractivity contribution < 1.29 is 24.4 Å². The Morgan fingerprint density at radius 1 is 1.54 bits per heavy atom. The first-order valence-electron chi connectivity index (χ1n) is 7.56. The number of rotatable bonds is 2. The van der Waals surface area contributed by atoms with Gasteiger partial charge in [0.25, 0.3) is 0 Å². The second-order valence-corrected chi connectivity index (χ2v) is 6.27. The second-order valence-electron chi connectivity index (χ2n) is 6.27. The summed E-state index contributed by atoms with van der Waals surface area (Å²) < 4.78 is 21.1. The standard InChI is InChI=1S/C15H17FN4O4/c1-15(23)13(22)11(6-21)24-14(15)20-5-8-9(16)2-7-3-17-18-4-10(19-20)12(7)8/h2,4-5,11,13-14,17,21-23H,3,6H2,1H3/t11-,13-,14-,15-/m1/s1. The first-order chi connectivity index (χ1) is 11.4. The molecule has 1 saturated heterocycles. The summed E-state index contributed by atoms with van der Waals surface area (Å²) in [5.74, 6) is -0.411. The summed E-state index contributed by atoms with van der Waals surface area (Å²) in [4.78, 5) is 0. The van der Waals surface area contributed by atoms with E-state index in [4.69, 9.17) is 4.74 Å². The molecule has 24 heavy (non-hydrogen) atoms. The minimum atomic E-state index is -1.70. The van der Waals surface area contributed by atoms with Crippen LogP contribution < -0.4 is 5.43 Å². The zero-order valence-electron chi connectivity index (χ0n) is 12.8. The lowest BCUT2D eigenvalue weighted by molar-refractivity contribution is -0.103. The summed E-state index contributed by atoms with van der Waals surface area (Å²) >= 11 is 0. The average Bonchev–Trinajstić information content (AvgIpc) is 2.88. The van der Waals surface area contributed by atoms with E-state index in [1.165, 1.54) is 30.1 Å². The largest absolute Gasteiger partial charge is 0.394 e. The normalized spacial score (nSPS) is 32.1. The Labute approximate surface area is 136 Å². The van der Waals surface area contributed by atoms with Crippen LogP contribution >= 0.6 is 0 Å². The van der Waals surface area contributed by atoms with E-state index < -0.39 is 36.5 Å². The maximum absolute atomic E-state index is 14.3. The third-order valence-electron chi connectivity index (χ3n) is 4.61. The molecule has 0 radical (unpaired) electrons. The van der Waals surface area contributed by atoms with E-state index in [1.54, 1.807) is 0 Å². The van der Waals surface area contributed by atoms with Crippen LogP contribution in [0.25, 0.3) is 11.1 Å². The molecule has 4 atom stereocenters. The number of halogens is 1. The number of aromatic nitrogens is 2. The van der Waals surface area contributed by atoms with Gasteiger partial charge in [0.2, 0.25) is 0 Å². The van der Waals surface area contributed by atoms with E-state index in [0.29, 0.717) is 23.4 Å². The van der Waals surface area contributed by atoms with Gasteiger partial charge in [-0.05, 0) is 18.6 Å². The highest BCUT2D eigenvalue weighted by atomic mass is 19.1. The van der Waals surface area contributed by atoms with Crippen LogP contribution in [0.1, 0.15) is 24.4 Å². The van der Waals surface area contributed by atoms with Crippen molar-refractivity contribution in [2.24, 2.45) is 5.10 Å². The summed E-state index contributed by atoms with van der Waals surface area (Å²) in [6.45, 7) is 1.32. The van der Waals surface area contributed by atoms with Gasteiger partial charge in [-0.25, -0.2) is 9.07 Å². The number of hydrogen-bond acceptors (Lipinski definition) is 7. The Morgan fingerprint density at radius 2 is 2.33 bits per heavy atom. The molecule has 4 N–H and O–H groups in total. The molecule has 0 aromatic carbocycles. The minimum absolute atomic E-state index is 0.325. The summed E-state index contributed by atoms with van der Waals surface area (Å²) in [7, 11) is 0. The highest BCUT2D eigenvalue weighted by Gasteiger charge is 2.53. The minimum Gasteiger partial charge on any atom is -0.394 e. The Bertz CT molecular complexity index is 790. The lowest BCUT2D eigenvalue weighted by Crippen LogP contribution is -2.44. The molecule has 1 aliphatic carbocycles. The van der Waals surface area contributed by atoms with Crippen LogP contribution in [0.3, 0.4) is 0 Å². The molecule has 0 bridgehead atoms. The fourth-order valence-electron chi connectivity index (χ4n) is 3.32. The predicted molar refractivity (Wildman–Crippen MR) is 80.9 cm³/mol. The first kappa shape index (κ1) is 15.5. The molecule has 1 fully saturated rings. The molecule has 128 valence electrons. The highest BCUT2D eigenvalue weighted by Crippen LogP contribution is 2.40. The highest BCUT2D eigenvalue weighted by molar-refractivity contribution is 5.91. The topological polar surface area (TPSA) is 112 Å². The zero-order chi connectivity index (χ0) is 17.1. The molecule has 0 amide bonds. The van der Waals surface area contributed by atoms with Crippen LogP contribution in [0.2, 0.25) is 0 Å². The van der Waals surface area contributed by atoms with E-state index in [9.17, 15) is 19.7 Å². The van der Waals surface area contributed by atoms with Crippen molar-refractivity contribution in [2.75, 3.05) is 6.61 Å². The van der Waals surface area contributed by atoms with Crippen LogP contribution in [0.5, 0.6) is 0 Å². The van der Waals surface area contributed by atoms with E-state index in [0.717, 1.165) is 5.56 Å². The molecule has 4 rings (SSSR count). The smallest absolute Gasteiger partial charge is 0.181 e. The van der Waals surface area contributed by atoms with Gasteiger partial charge < -0.3 is 25.5 Å². The molecular weight excluding hydrogens is 319 g/mol. The van der Waals surface area contributed by atoms with Crippen molar-refractivity contribution in [1.29, 1.82) is 0 Å². The van der Waals surface area contributed by atoms with E-state index >= 15 is 0 Å². The molecule has 8 nitrogen and oxygen atoms in total. The fraction of sp³-hybridized carbons (Fsp3) is 0.467. The van der Waals surface area contributed by atoms with Crippen LogP contribution in [0.15, 0.2) is 17.4 Å². The predicted octanol–water partition coefficient (Wildman–Crippen LogP) is -0.434. The Balaban J connectivity index is 1.87. The molecule has 4 aliphatic rings. The molecule has 0 saturated carbocycles. The van der Waals surface area contributed by atoms with Crippen LogP contribution in [-0.4, -0.2) is 55.7 Å². The van der Waals surface area contributed by atoms with Crippen LogP contribution in [0, 0.1) is 5.82 Å². The molecule has 0 aromatic heterocycles. The molecule has 9 heteroatoms. The summed E-state index contributed by atoms with van der Waals surface area (Å²) in [5, 5.41) is 38.3. The van der Waals surface area contributed by atoms with Crippen molar-refractivity contribution in [3.63, 3.8) is 0 Å². The van der Waals surface area contributed by atoms with E-state index in [2.05, 4.69) is 15.6 Å². The zero-order valence-corrected chi connectivity index (χ0v) is 12.8. The van der Waals surface area contributed by atoms with Gasteiger partial charge in [0, 0.05) is 17.3 Å². The summed E-state index contributed by atoms with van der Waals surface area (Å²) in [5.41, 5.74) is 3.24. The molecule has 0 spiro atoms. The first-order valence-corrected chi connectivity index (χ1v) is 7.56. The summed E-state index contributed by atoms with van der Waals surface area (Å²) in [6, 6.07) is 1.42. The lowest BCUT2D eigenvalue weighted by atomic mass is 9.96. The van der Waals surface area contributed by atoms with Crippen molar-refractivity contribution >= 4 is 6.21 Å². The van der Waals surface area contributed by atoms with Gasteiger partial charge in [0.05, 0.1) is 19.4 Å².